The summed E-state index contributed by atoms with van der Waals surface area (Å²) in [6, 6.07) is 12.4. The first-order chi connectivity index (χ1) is 12.3. The van der Waals surface area contributed by atoms with Gasteiger partial charge in [0, 0.05) is 12.6 Å². The molecule has 2 aromatic rings. The van der Waals surface area contributed by atoms with E-state index in [1.54, 1.807) is 0 Å². The molecule has 0 spiro atoms. The molecule has 0 saturated heterocycles. The van der Waals surface area contributed by atoms with Crippen molar-refractivity contribution in [2.75, 3.05) is 6.16 Å². The van der Waals surface area contributed by atoms with Crippen LogP contribution in [-0.4, -0.2) is 39.2 Å². The molecular weight excluding hydrogens is 357 g/mol. The number of aryl methyl sites for hydroxylation is 1. The number of carboxylic acids is 2. The van der Waals surface area contributed by atoms with Crippen LogP contribution >= 0.6 is 7.52 Å². The van der Waals surface area contributed by atoms with Gasteiger partial charge in [0.15, 0.2) is 0 Å². The molecule has 2 unspecified atom stereocenters. The zero-order valence-electron chi connectivity index (χ0n) is 14.2. The van der Waals surface area contributed by atoms with Crippen molar-refractivity contribution in [1.82, 2.24) is 5.09 Å². The van der Waals surface area contributed by atoms with Gasteiger partial charge < -0.3 is 15.1 Å². The van der Waals surface area contributed by atoms with Crippen LogP contribution in [0, 0.1) is 0 Å². The number of carboxylic acid groups (broad SMARTS) is 2. The summed E-state index contributed by atoms with van der Waals surface area (Å²) in [5.41, 5.74) is 1.06. The molecular formula is C18H22NO6P. The van der Waals surface area contributed by atoms with Crippen LogP contribution in [-0.2, 0) is 20.6 Å². The molecule has 0 saturated carbocycles. The Kier molecular flexibility index (Phi) is 6.91. The molecule has 0 heterocycles. The molecule has 0 aliphatic carbocycles. The molecule has 4 N–H and O–H groups in total. The predicted molar refractivity (Wildman–Crippen MR) is 98.4 cm³/mol. The van der Waals surface area contributed by atoms with Crippen LogP contribution in [0.15, 0.2) is 42.5 Å². The Bertz CT molecular complexity index is 832. The lowest BCUT2D eigenvalue weighted by Crippen LogP contribution is -2.35. The Balaban J connectivity index is 1.95. The lowest BCUT2D eigenvalue weighted by molar-refractivity contribution is -0.140. The van der Waals surface area contributed by atoms with Crippen molar-refractivity contribution in [3.8, 4) is 0 Å². The van der Waals surface area contributed by atoms with Gasteiger partial charge >= 0.3 is 11.9 Å². The number of aliphatic carboxylic acids is 2. The van der Waals surface area contributed by atoms with Crippen LogP contribution in [0.4, 0.5) is 0 Å². The number of fused-ring (bicyclic) bond motifs is 1. The second-order valence-corrected chi connectivity index (χ2v) is 8.23. The van der Waals surface area contributed by atoms with Gasteiger partial charge in [0.05, 0.1) is 0 Å². The Morgan fingerprint density at radius 1 is 1.08 bits per heavy atom. The zero-order chi connectivity index (χ0) is 19.2. The van der Waals surface area contributed by atoms with E-state index >= 15 is 0 Å². The molecule has 7 nitrogen and oxygen atoms in total. The summed E-state index contributed by atoms with van der Waals surface area (Å²) in [5.74, 6) is -2.49. The van der Waals surface area contributed by atoms with Crippen LogP contribution in [0.2, 0.25) is 0 Å². The van der Waals surface area contributed by atoms with Gasteiger partial charge in [-0.3, -0.25) is 14.2 Å². The smallest absolute Gasteiger partial charge is 0.321 e. The highest BCUT2D eigenvalue weighted by molar-refractivity contribution is 7.55. The first kappa shape index (κ1) is 20.1. The minimum absolute atomic E-state index is 0.0902. The van der Waals surface area contributed by atoms with Crippen molar-refractivity contribution in [1.29, 1.82) is 0 Å². The van der Waals surface area contributed by atoms with Crippen LogP contribution in [0.25, 0.3) is 10.8 Å². The topological polar surface area (TPSA) is 124 Å². The molecule has 0 aliphatic heterocycles. The average molecular weight is 379 g/mol. The van der Waals surface area contributed by atoms with Gasteiger partial charge in [0.1, 0.15) is 6.04 Å². The highest BCUT2D eigenvalue weighted by Crippen LogP contribution is 2.38. The fourth-order valence-electron chi connectivity index (χ4n) is 2.81. The maximum atomic E-state index is 12.3. The van der Waals surface area contributed by atoms with E-state index in [1.165, 1.54) is 0 Å². The molecule has 0 radical (unpaired) electrons. The van der Waals surface area contributed by atoms with Crippen LogP contribution in [0.1, 0.15) is 24.8 Å². The average Bonchev–Trinajstić information content (AvgIpc) is 2.58. The number of benzene rings is 2. The predicted octanol–water partition coefficient (Wildman–Crippen LogP) is 2.87. The molecule has 8 heteroatoms. The zero-order valence-corrected chi connectivity index (χ0v) is 15.1. The fraction of sp³-hybridized carbons (Fsp3) is 0.333. The summed E-state index contributed by atoms with van der Waals surface area (Å²) in [6.07, 6.45) is 0.256. The molecule has 0 aliphatic rings. The Labute approximate surface area is 151 Å². The molecule has 26 heavy (non-hydrogen) atoms. The van der Waals surface area contributed by atoms with Gasteiger partial charge in [0.2, 0.25) is 0 Å². The summed E-state index contributed by atoms with van der Waals surface area (Å²) in [5, 5.41) is 22.1. The maximum absolute atomic E-state index is 12.3. The first-order valence-electron chi connectivity index (χ1n) is 8.29. The first-order valence-corrected chi connectivity index (χ1v) is 10.1. The molecule has 0 bridgehead atoms. The molecule has 2 rings (SSSR count). The summed E-state index contributed by atoms with van der Waals surface area (Å²) in [6.45, 7) is 0. The van der Waals surface area contributed by atoms with E-state index in [9.17, 15) is 19.0 Å². The number of hydrogen-bond acceptors (Lipinski definition) is 3. The number of nitrogens with one attached hydrogen (secondary N) is 1. The van der Waals surface area contributed by atoms with Gasteiger partial charge in [-0.15, -0.1) is 0 Å². The molecule has 0 aromatic heterocycles. The molecule has 140 valence electrons. The summed E-state index contributed by atoms with van der Waals surface area (Å²) < 4.78 is 12.3. The van der Waals surface area contributed by atoms with E-state index < -0.39 is 25.5 Å². The van der Waals surface area contributed by atoms with E-state index in [4.69, 9.17) is 10.2 Å². The molecule has 0 fully saturated rings. The molecule has 2 atom stereocenters. The minimum atomic E-state index is -3.88. The number of rotatable bonds is 10. The van der Waals surface area contributed by atoms with Crippen LogP contribution < -0.4 is 5.09 Å². The van der Waals surface area contributed by atoms with E-state index in [-0.39, 0.29) is 19.0 Å². The van der Waals surface area contributed by atoms with E-state index in [2.05, 4.69) is 5.09 Å². The van der Waals surface area contributed by atoms with Crippen molar-refractivity contribution in [3.05, 3.63) is 48.0 Å². The highest BCUT2D eigenvalue weighted by atomic mass is 31.2. The normalized spacial score (nSPS) is 14.7. The Hall–Kier alpha value is -2.21. The van der Waals surface area contributed by atoms with Crippen molar-refractivity contribution < 1.29 is 29.3 Å². The van der Waals surface area contributed by atoms with Crippen LogP contribution in [0.3, 0.4) is 0 Å². The monoisotopic (exact) mass is 379 g/mol. The minimum Gasteiger partial charge on any atom is -0.481 e. The standard InChI is InChI=1S/C18H22NO6P/c20-17(21)11-10-16(18(22)23)19-26(24,25)12-4-8-14-7-3-6-13-5-1-2-9-15(13)14/h1-3,5-7,9,16H,4,8,10-12H2,(H,20,21)(H,22,23)(H2,19,24,25). The largest absolute Gasteiger partial charge is 0.481 e. The van der Waals surface area contributed by atoms with E-state index in [0.717, 1.165) is 16.3 Å². The van der Waals surface area contributed by atoms with Gasteiger partial charge in [0.25, 0.3) is 7.52 Å². The highest BCUT2D eigenvalue weighted by Gasteiger charge is 2.27. The quantitative estimate of drug-likeness (QED) is 0.468. The van der Waals surface area contributed by atoms with Crippen molar-refractivity contribution in [3.63, 3.8) is 0 Å². The van der Waals surface area contributed by atoms with Crippen molar-refractivity contribution in [2.45, 2.75) is 31.7 Å². The van der Waals surface area contributed by atoms with Crippen molar-refractivity contribution >= 4 is 30.2 Å². The van der Waals surface area contributed by atoms with Gasteiger partial charge in [-0.2, -0.15) is 0 Å². The third-order valence-corrected chi connectivity index (χ3v) is 5.73. The number of carbonyl (C=O) groups is 2. The third-order valence-electron chi connectivity index (χ3n) is 4.09. The fourth-order valence-corrected chi connectivity index (χ4v) is 4.26. The van der Waals surface area contributed by atoms with Gasteiger partial charge in [-0.1, -0.05) is 42.5 Å². The summed E-state index contributed by atoms with van der Waals surface area (Å²) in [7, 11) is -3.88. The van der Waals surface area contributed by atoms with Crippen molar-refractivity contribution in [2.24, 2.45) is 0 Å². The second-order valence-electron chi connectivity index (χ2n) is 6.12. The van der Waals surface area contributed by atoms with E-state index in [0.29, 0.717) is 12.8 Å². The van der Waals surface area contributed by atoms with Gasteiger partial charge in [-0.05, 0) is 35.6 Å². The molecule has 2 aromatic carbocycles. The summed E-state index contributed by atoms with van der Waals surface area (Å²) >= 11 is 0. The SMILES string of the molecule is O=C(O)CCC(NP(=O)(O)CCCc1cccc2ccccc12)C(=O)O. The number of hydrogen-bond donors (Lipinski definition) is 4. The lowest BCUT2D eigenvalue weighted by Gasteiger charge is -2.19. The maximum Gasteiger partial charge on any atom is 0.321 e. The summed E-state index contributed by atoms with van der Waals surface area (Å²) in [4.78, 5) is 31.7. The second kappa shape index (κ2) is 8.94. The third kappa shape index (κ3) is 5.95. The Morgan fingerprint density at radius 2 is 1.77 bits per heavy atom. The van der Waals surface area contributed by atoms with E-state index in [1.807, 2.05) is 42.5 Å². The lowest BCUT2D eigenvalue weighted by atomic mass is 10.0. The molecule has 0 amide bonds. The van der Waals surface area contributed by atoms with Crippen LogP contribution in [0.5, 0.6) is 0 Å². The van der Waals surface area contributed by atoms with Gasteiger partial charge in [-0.25, -0.2) is 5.09 Å². The Morgan fingerprint density at radius 3 is 2.46 bits per heavy atom.